The Labute approximate surface area is 178 Å². The molecule has 5 heteroatoms. The second-order valence-corrected chi connectivity index (χ2v) is 8.14. The average Bonchev–Trinajstić information content (AvgIpc) is 3.05. The van der Waals surface area contributed by atoms with Crippen LogP contribution < -0.4 is 5.32 Å². The van der Waals surface area contributed by atoms with Gasteiger partial charge in [0.2, 0.25) is 5.91 Å². The Balaban J connectivity index is 1.35. The van der Waals surface area contributed by atoms with Crippen molar-refractivity contribution in [2.75, 3.05) is 11.9 Å². The molecular weight excluding hydrogens is 372 g/mol. The molecule has 2 heterocycles. The van der Waals surface area contributed by atoms with Gasteiger partial charge in [0.05, 0.1) is 11.4 Å². The molecular formula is C25H30N4O. The Kier molecular flexibility index (Phi) is 6.29. The second kappa shape index (κ2) is 9.26. The molecule has 0 bridgehead atoms. The number of hydrogen-bond donors (Lipinski definition) is 1. The van der Waals surface area contributed by atoms with Crippen LogP contribution in [-0.2, 0) is 37.3 Å². The molecule has 1 N–H and O–H groups in total. The minimum Gasteiger partial charge on any atom is -0.329 e. The number of benzene rings is 2. The Morgan fingerprint density at radius 3 is 2.50 bits per heavy atom. The van der Waals surface area contributed by atoms with Crippen molar-refractivity contribution in [3.8, 4) is 0 Å². The number of aryl methyl sites for hydroxylation is 3. The Hall–Kier alpha value is -2.92. The lowest BCUT2D eigenvalue weighted by molar-refractivity contribution is -0.114. The van der Waals surface area contributed by atoms with Crippen molar-refractivity contribution >= 4 is 11.6 Å². The first-order valence-corrected chi connectivity index (χ1v) is 10.8. The number of carbonyl (C=O) groups is 1. The quantitative estimate of drug-likeness (QED) is 0.640. The highest BCUT2D eigenvalue weighted by Gasteiger charge is 2.22. The van der Waals surface area contributed by atoms with Gasteiger partial charge in [-0.15, -0.1) is 0 Å². The van der Waals surface area contributed by atoms with E-state index in [0.29, 0.717) is 0 Å². The molecule has 0 spiro atoms. The number of anilines is 1. The van der Waals surface area contributed by atoms with Crippen LogP contribution in [0.25, 0.3) is 0 Å². The first-order chi connectivity index (χ1) is 14.6. The summed E-state index contributed by atoms with van der Waals surface area (Å²) < 4.78 is 2.44. The summed E-state index contributed by atoms with van der Waals surface area (Å²) in [5, 5.41) is 2.82. The molecule has 0 saturated carbocycles. The van der Waals surface area contributed by atoms with E-state index >= 15 is 0 Å². The van der Waals surface area contributed by atoms with Gasteiger partial charge in [-0.25, -0.2) is 4.98 Å². The van der Waals surface area contributed by atoms with Gasteiger partial charge in [-0.1, -0.05) is 42.5 Å². The minimum absolute atomic E-state index is 0.0397. The molecule has 1 aliphatic heterocycles. The van der Waals surface area contributed by atoms with Crippen molar-refractivity contribution in [2.45, 2.75) is 52.7 Å². The SMILES string of the molecule is CC(=O)Nc1ccc(CN2CCn3c(CCCc4ccccc4)nc(C)c3C2)cc1. The molecule has 30 heavy (non-hydrogen) atoms. The fraction of sp³-hybridized carbons (Fsp3) is 0.360. The number of fused-ring (bicyclic) bond motifs is 1. The zero-order valence-corrected chi connectivity index (χ0v) is 17.9. The summed E-state index contributed by atoms with van der Waals surface area (Å²) >= 11 is 0. The fourth-order valence-corrected chi connectivity index (χ4v) is 4.24. The van der Waals surface area contributed by atoms with Gasteiger partial charge in [0.15, 0.2) is 0 Å². The lowest BCUT2D eigenvalue weighted by Crippen LogP contribution is -2.33. The summed E-state index contributed by atoms with van der Waals surface area (Å²) in [7, 11) is 0. The molecule has 0 unspecified atom stereocenters. The normalized spacial score (nSPS) is 13.8. The largest absolute Gasteiger partial charge is 0.329 e. The van der Waals surface area contributed by atoms with E-state index < -0.39 is 0 Å². The van der Waals surface area contributed by atoms with E-state index in [0.717, 1.165) is 56.8 Å². The monoisotopic (exact) mass is 402 g/mol. The van der Waals surface area contributed by atoms with Crippen LogP contribution in [0.5, 0.6) is 0 Å². The van der Waals surface area contributed by atoms with Crippen molar-refractivity contribution in [2.24, 2.45) is 0 Å². The zero-order chi connectivity index (χ0) is 20.9. The van der Waals surface area contributed by atoms with Gasteiger partial charge in [0.1, 0.15) is 5.82 Å². The summed E-state index contributed by atoms with van der Waals surface area (Å²) in [4.78, 5) is 18.6. The highest BCUT2D eigenvalue weighted by Crippen LogP contribution is 2.22. The van der Waals surface area contributed by atoms with Crippen molar-refractivity contribution in [3.63, 3.8) is 0 Å². The summed E-state index contributed by atoms with van der Waals surface area (Å²) in [6.07, 6.45) is 3.26. The van der Waals surface area contributed by atoms with Crippen LogP contribution in [0.4, 0.5) is 5.69 Å². The molecule has 0 atom stereocenters. The average molecular weight is 403 g/mol. The lowest BCUT2D eigenvalue weighted by atomic mass is 10.1. The lowest BCUT2D eigenvalue weighted by Gasteiger charge is -2.29. The van der Waals surface area contributed by atoms with E-state index in [-0.39, 0.29) is 5.91 Å². The van der Waals surface area contributed by atoms with Crippen LogP contribution >= 0.6 is 0 Å². The van der Waals surface area contributed by atoms with E-state index in [1.807, 2.05) is 12.1 Å². The van der Waals surface area contributed by atoms with E-state index in [2.05, 4.69) is 64.2 Å². The highest BCUT2D eigenvalue weighted by molar-refractivity contribution is 5.88. The van der Waals surface area contributed by atoms with Crippen LogP contribution in [0, 0.1) is 6.92 Å². The minimum atomic E-state index is -0.0397. The van der Waals surface area contributed by atoms with E-state index in [1.54, 1.807) is 0 Å². The number of hydrogen-bond acceptors (Lipinski definition) is 3. The fourth-order valence-electron chi connectivity index (χ4n) is 4.24. The molecule has 156 valence electrons. The molecule has 0 fully saturated rings. The highest BCUT2D eigenvalue weighted by atomic mass is 16.1. The van der Waals surface area contributed by atoms with E-state index in [1.165, 1.54) is 29.6 Å². The van der Waals surface area contributed by atoms with Crippen molar-refractivity contribution in [3.05, 3.63) is 82.9 Å². The maximum Gasteiger partial charge on any atom is 0.221 e. The predicted molar refractivity (Wildman–Crippen MR) is 120 cm³/mol. The maximum absolute atomic E-state index is 11.2. The molecule has 1 amide bonds. The summed E-state index contributed by atoms with van der Waals surface area (Å²) in [5.74, 6) is 1.19. The number of aromatic nitrogens is 2. The van der Waals surface area contributed by atoms with Crippen molar-refractivity contribution in [1.29, 1.82) is 0 Å². The molecule has 5 nitrogen and oxygen atoms in total. The second-order valence-electron chi connectivity index (χ2n) is 8.14. The van der Waals surface area contributed by atoms with Crippen LogP contribution in [0.3, 0.4) is 0 Å². The number of nitrogens with one attached hydrogen (secondary N) is 1. The van der Waals surface area contributed by atoms with Gasteiger partial charge >= 0.3 is 0 Å². The Morgan fingerprint density at radius 2 is 1.77 bits per heavy atom. The first-order valence-electron chi connectivity index (χ1n) is 10.8. The van der Waals surface area contributed by atoms with Crippen LogP contribution in [-0.4, -0.2) is 26.9 Å². The third kappa shape index (κ3) is 4.97. The Morgan fingerprint density at radius 1 is 1.00 bits per heavy atom. The van der Waals surface area contributed by atoms with Crippen molar-refractivity contribution < 1.29 is 4.79 Å². The first kappa shape index (κ1) is 20.4. The van der Waals surface area contributed by atoms with E-state index in [4.69, 9.17) is 4.98 Å². The molecule has 3 aromatic rings. The van der Waals surface area contributed by atoms with Gasteiger partial charge < -0.3 is 9.88 Å². The predicted octanol–water partition coefficient (Wildman–Crippen LogP) is 4.34. The number of nitrogens with zero attached hydrogens (tertiary/aromatic N) is 3. The topological polar surface area (TPSA) is 50.2 Å². The summed E-state index contributed by atoms with van der Waals surface area (Å²) in [6, 6.07) is 18.8. The van der Waals surface area contributed by atoms with Gasteiger partial charge in [-0.05, 0) is 43.0 Å². The van der Waals surface area contributed by atoms with E-state index in [9.17, 15) is 4.79 Å². The molecule has 1 aliphatic rings. The molecule has 0 radical (unpaired) electrons. The number of rotatable bonds is 7. The molecule has 2 aromatic carbocycles. The van der Waals surface area contributed by atoms with Gasteiger partial charge in [-0.2, -0.15) is 0 Å². The third-order valence-electron chi connectivity index (χ3n) is 5.75. The Bertz CT molecular complexity index is 992. The van der Waals surface area contributed by atoms with Crippen LogP contribution in [0.2, 0.25) is 0 Å². The number of imidazole rings is 1. The van der Waals surface area contributed by atoms with Gasteiger partial charge in [-0.3, -0.25) is 9.69 Å². The number of amides is 1. The smallest absolute Gasteiger partial charge is 0.221 e. The summed E-state index contributed by atoms with van der Waals surface area (Å²) in [6.45, 7) is 7.54. The van der Waals surface area contributed by atoms with Gasteiger partial charge in [0, 0.05) is 45.2 Å². The van der Waals surface area contributed by atoms with Crippen molar-refractivity contribution in [1.82, 2.24) is 14.5 Å². The number of carbonyl (C=O) groups excluding carboxylic acids is 1. The third-order valence-corrected chi connectivity index (χ3v) is 5.75. The zero-order valence-electron chi connectivity index (χ0n) is 17.9. The summed E-state index contributed by atoms with van der Waals surface area (Å²) in [5.41, 5.74) is 6.02. The van der Waals surface area contributed by atoms with Crippen LogP contribution in [0.1, 0.15) is 41.7 Å². The molecule has 0 saturated heterocycles. The molecule has 1 aromatic heterocycles. The van der Waals surface area contributed by atoms with Gasteiger partial charge in [0.25, 0.3) is 0 Å². The maximum atomic E-state index is 11.2. The molecule has 4 rings (SSSR count). The van der Waals surface area contributed by atoms with Crippen LogP contribution in [0.15, 0.2) is 54.6 Å². The molecule has 0 aliphatic carbocycles. The standard InChI is InChI=1S/C25H30N4O/c1-19-24-18-28(17-22-11-13-23(14-12-22)27-20(2)30)15-16-29(24)25(26-19)10-6-9-21-7-4-3-5-8-21/h3-5,7-8,11-14H,6,9-10,15-18H2,1-2H3,(H,27,30).